The van der Waals surface area contributed by atoms with Crippen molar-refractivity contribution >= 4 is 0 Å². The molecule has 0 aliphatic heterocycles. The molecule has 0 aliphatic carbocycles. The van der Waals surface area contributed by atoms with Crippen molar-refractivity contribution in [3.63, 3.8) is 0 Å². The molecule has 4 heteroatoms. The SMILES string of the molecule is N#C[C@H](CCc1ccccc1)C[N+](=O)[O-]. The summed E-state index contributed by atoms with van der Waals surface area (Å²) in [6.45, 7) is -0.261. The van der Waals surface area contributed by atoms with Gasteiger partial charge < -0.3 is 0 Å². The molecule has 0 aromatic heterocycles. The highest BCUT2D eigenvalue weighted by Gasteiger charge is 2.13. The minimum Gasteiger partial charge on any atom is -0.264 e. The lowest BCUT2D eigenvalue weighted by Gasteiger charge is -2.03. The summed E-state index contributed by atoms with van der Waals surface area (Å²) < 4.78 is 0. The van der Waals surface area contributed by atoms with Crippen molar-refractivity contribution < 1.29 is 4.92 Å². The number of rotatable bonds is 5. The molecule has 0 saturated heterocycles. The van der Waals surface area contributed by atoms with Crippen LogP contribution in [-0.4, -0.2) is 11.5 Å². The van der Waals surface area contributed by atoms with Crippen molar-refractivity contribution in [1.82, 2.24) is 0 Å². The minimum absolute atomic E-state index is 0.261. The van der Waals surface area contributed by atoms with Crippen LogP contribution in [0.15, 0.2) is 30.3 Å². The molecule has 0 unspecified atom stereocenters. The number of nitro groups is 1. The van der Waals surface area contributed by atoms with Crippen LogP contribution < -0.4 is 0 Å². The normalized spacial score (nSPS) is 11.7. The molecule has 78 valence electrons. The molecule has 1 atom stereocenters. The van der Waals surface area contributed by atoms with Gasteiger partial charge in [-0.25, -0.2) is 0 Å². The molecule has 0 saturated carbocycles. The molecule has 0 amide bonds. The molecule has 1 aromatic rings. The van der Waals surface area contributed by atoms with Gasteiger partial charge in [0.05, 0.1) is 6.07 Å². The molecule has 0 radical (unpaired) electrons. The third kappa shape index (κ3) is 4.23. The predicted molar refractivity (Wildman–Crippen MR) is 55.7 cm³/mol. The quantitative estimate of drug-likeness (QED) is 0.544. The molecule has 4 nitrogen and oxygen atoms in total. The van der Waals surface area contributed by atoms with Gasteiger partial charge in [0.1, 0.15) is 5.92 Å². The van der Waals surface area contributed by atoms with Gasteiger partial charge in [-0.2, -0.15) is 5.26 Å². The summed E-state index contributed by atoms with van der Waals surface area (Å²) >= 11 is 0. The van der Waals surface area contributed by atoms with Crippen LogP contribution >= 0.6 is 0 Å². The van der Waals surface area contributed by atoms with Crippen LogP contribution in [0.2, 0.25) is 0 Å². The van der Waals surface area contributed by atoms with Gasteiger partial charge >= 0.3 is 0 Å². The smallest absolute Gasteiger partial charge is 0.219 e. The van der Waals surface area contributed by atoms with Crippen molar-refractivity contribution in [3.8, 4) is 6.07 Å². The Kier molecular flexibility index (Phi) is 4.30. The second-order valence-corrected chi connectivity index (χ2v) is 3.37. The summed E-state index contributed by atoms with van der Waals surface area (Å²) in [5, 5.41) is 18.9. The molecule has 0 heterocycles. The van der Waals surface area contributed by atoms with E-state index in [1.165, 1.54) is 0 Å². The zero-order valence-electron chi connectivity index (χ0n) is 8.30. The average Bonchev–Trinajstić information content (AvgIpc) is 2.25. The Balaban J connectivity index is 2.42. The highest BCUT2D eigenvalue weighted by atomic mass is 16.6. The molecule has 15 heavy (non-hydrogen) atoms. The van der Waals surface area contributed by atoms with Crippen LogP contribution in [0.4, 0.5) is 0 Å². The first-order chi connectivity index (χ1) is 7.22. The van der Waals surface area contributed by atoms with Gasteiger partial charge in [-0.3, -0.25) is 10.1 Å². The molecule has 1 rings (SSSR count). The zero-order chi connectivity index (χ0) is 11.1. The Labute approximate surface area is 88.3 Å². The molecular weight excluding hydrogens is 192 g/mol. The van der Waals surface area contributed by atoms with Crippen LogP contribution in [0, 0.1) is 27.4 Å². The fraction of sp³-hybridized carbons (Fsp3) is 0.364. The van der Waals surface area contributed by atoms with E-state index in [4.69, 9.17) is 5.26 Å². The number of hydrogen-bond acceptors (Lipinski definition) is 3. The number of benzene rings is 1. The van der Waals surface area contributed by atoms with Crippen LogP contribution in [0.1, 0.15) is 12.0 Å². The molecule has 0 spiro atoms. The van der Waals surface area contributed by atoms with Crippen LogP contribution in [0.5, 0.6) is 0 Å². The second kappa shape index (κ2) is 5.76. The molecule has 0 fully saturated rings. The summed E-state index contributed by atoms with van der Waals surface area (Å²) in [5.74, 6) is -0.486. The topological polar surface area (TPSA) is 66.9 Å². The van der Waals surface area contributed by atoms with Gasteiger partial charge in [0.2, 0.25) is 6.54 Å². The van der Waals surface area contributed by atoms with Crippen LogP contribution in [0.3, 0.4) is 0 Å². The summed E-state index contributed by atoms with van der Waals surface area (Å²) in [6.07, 6.45) is 1.26. The van der Waals surface area contributed by atoms with Crippen molar-refractivity contribution in [2.24, 2.45) is 5.92 Å². The van der Waals surface area contributed by atoms with Gasteiger partial charge in [-0.15, -0.1) is 0 Å². The van der Waals surface area contributed by atoms with E-state index >= 15 is 0 Å². The van der Waals surface area contributed by atoms with Crippen molar-refractivity contribution in [2.75, 3.05) is 6.54 Å². The Bertz CT molecular complexity index is 357. The largest absolute Gasteiger partial charge is 0.264 e. The van der Waals surface area contributed by atoms with Gasteiger partial charge in [-0.05, 0) is 18.4 Å². The number of nitrogens with zero attached hydrogens (tertiary/aromatic N) is 2. The Hall–Kier alpha value is -1.89. The molecule has 0 aliphatic rings. The van der Waals surface area contributed by atoms with Crippen molar-refractivity contribution in [3.05, 3.63) is 46.0 Å². The number of hydrogen-bond donors (Lipinski definition) is 0. The number of aryl methyl sites for hydroxylation is 1. The highest BCUT2D eigenvalue weighted by molar-refractivity contribution is 5.14. The maximum absolute atomic E-state index is 10.2. The van der Waals surface area contributed by atoms with E-state index in [9.17, 15) is 10.1 Å². The molecule has 0 bridgehead atoms. The fourth-order valence-electron chi connectivity index (χ4n) is 1.36. The van der Waals surface area contributed by atoms with Gasteiger partial charge in [0.15, 0.2) is 0 Å². The summed E-state index contributed by atoms with van der Waals surface area (Å²) in [7, 11) is 0. The van der Waals surface area contributed by atoms with Crippen LogP contribution in [-0.2, 0) is 6.42 Å². The maximum Gasteiger partial charge on any atom is 0.219 e. The summed E-state index contributed by atoms with van der Waals surface area (Å²) in [5.41, 5.74) is 1.11. The van der Waals surface area contributed by atoms with Crippen molar-refractivity contribution in [1.29, 1.82) is 5.26 Å². The number of nitriles is 1. The van der Waals surface area contributed by atoms with Crippen LogP contribution in [0.25, 0.3) is 0 Å². The lowest BCUT2D eigenvalue weighted by Crippen LogP contribution is -2.13. The Morgan fingerprint density at radius 2 is 2.07 bits per heavy atom. The summed E-state index contributed by atoms with van der Waals surface area (Å²) in [6, 6.07) is 11.6. The van der Waals surface area contributed by atoms with Gasteiger partial charge in [-0.1, -0.05) is 30.3 Å². The maximum atomic E-state index is 10.2. The minimum atomic E-state index is -0.486. The molecule has 0 N–H and O–H groups in total. The third-order valence-corrected chi connectivity index (χ3v) is 2.18. The zero-order valence-corrected chi connectivity index (χ0v) is 8.30. The average molecular weight is 204 g/mol. The molecule has 1 aromatic carbocycles. The highest BCUT2D eigenvalue weighted by Crippen LogP contribution is 2.09. The molecular formula is C11H12N2O2. The Morgan fingerprint density at radius 3 is 2.60 bits per heavy atom. The fourth-order valence-corrected chi connectivity index (χ4v) is 1.36. The van der Waals surface area contributed by atoms with E-state index in [1.807, 2.05) is 36.4 Å². The second-order valence-electron chi connectivity index (χ2n) is 3.37. The van der Waals surface area contributed by atoms with Gasteiger partial charge in [0, 0.05) is 4.92 Å². The lowest BCUT2D eigenvalue weighted by molar-refractivity contribution is -0.485. The summed E-state index contributed by atoms with van der Waals surface area (Å²) in [4.78, 5) is 9.80. The van der Waals surface area contributed by atoms with Gasteiger partial charge in [0.25, 0.3) is 0 Å². The van der Waals surface area contributed by atoms with E-state index in [2.05, 4.69) is 0 Å². The third-order valence-electron chi connectivity index (χ3n) is 2.18. The van der Waals surface area contributed by atoms with E-state index in [0.29, 0.717) is 12.8 Å². The van der Waals surface area contributed by atoms with E-state index in [1.54, 1.807) is 0 Å². The van der Waals surface area contributed by atoms with Crippen molar-refractivity contribution in [2.45, 2.75) is 12.8 Å². The monoisotopic (exact) mass is 204 g/mol. The first kappa shape index (κ1) is 11.2. The standard InChI is InChI=1S/C11H12N2O2/c12-8-11(9-13(14)15)7-6-10-4-2-1-3-5-10/h1-5,11H,6-7,9H2/t11-/m0/s1. The first-order valence-corrected chi connectivity index (χ1v) is 4.77. The van der Waals surface area contributed by atoms with E-state index in [-0.39, 0.29) is 6.54 Å². The Morgan fingerprint density at radius 1 is 1.40 bits per heavy atom. The predicted octanol–water partition coefficient (Wildman–Crippen LogP) is 2.04. The van der Waals surface area contributed by atoms with E-state index in [0.717, 1.165) is 5.56 Å². The van der Waals surface area contributed by atoms with E-state index < -0.39 is 10.8 Å². The lowest BCUT2D eigenvalue weighted by atomic mass is 10.0. The first-order valence-electron chi connectivity index (χ1n) is 4.77.